The van der Waals surface area contributed by atoms with Crippen molar-refractivity contribution in [1.29, 1.82) is 0 Å². The van der Waals surface area contributed by atoms with Gasteiger partial charge >= 0.3 is 0 Å². The fourth-order valence-corrected chi connectivity index (χ4v) is 3.56. The average molecular weight is 432 g/mol. The number of rotatable bonds is 7. The van der Waals surface area contributed by atoms with Crippen LogP contribution in [0.1, 0.15) is 54.9 Å². The molecule has 0 aliphatic rings. The molecule has 0 aliphatic carbocycles. The van der Waals surface area contributed by atoms with Crippen molar-refractivity contribution < 1.29 is 14.3 Å². The summed E-state index contributed by atoms with van der Waals surface area (Å²) in [7, 11) is 0. The van der Waals surface area contributed by atoms with Crippen LogP contribution in [0.2, 0.25) is 0 Å². The first kappa shape index (κ1) is 23.0. The molecule has 6 nitrogen and oxygen atoms in total. The van der Waals surface area contributed by atoms with Crippen LogP contribution in [0.25, 0.3) is 0 Å². The van der Waals surface area contributed by atoms with Gasteiger partial charge < -0.3 is 4.74 Å². The minimum absolute atomic E-state index is 0.258. The first-order chi connectivity index (χ1) is 15.3. The predicted molar refractivity (Wildman–Crippen MR) is 124 cm³/mol. The van der Waals surface area contributed by atoms with Crippen LogP contribution in [0.15, 0.2) is 72.9 Å². The van der Waals surface area contributed by atoms with Crippen LogP contribution in [-0.4, -0.2) is 16.8 Å². The number of amides is 2. The van der Waals surface area contributed by atoms with Crippen LogP contribution in [-0.2, 0) is 16.8 Å². The quantitative estimate of drug-likeness (QED) is 0.543. The maximum atomic E-state index is 12.2. The van der Waals surface area contributed by atoms with E-state index in [1.165, 1.54) is 6.92 Å². The van der Waals surface area contributed by atoms with Crippen LogP contribution in [0, 0.1) is 5.92 Å². The summed E-state index contributed by atoms with van der Waals surface area (Å²) in [5.41, 5.74) is 8.05. The second-order valence-electron chi connectivity index (χ2n) is 8.20. The molecule has 0 bridgehead atoms. The molecule has 3 aromatic rings. The Balaban J connectivity index is 1.77. The van der Waals surface area contributed by atoms with Gasteiger partial charge in [0.1, 0.15) is 12.4 Å². The van der Waals surface area contributed by atoms with Crippen LogP contribution < -0.4 is 15.6 Å². The molecule has 0 spiro atoms. The Labute approximate surface area is 189 Å². The van der Waals surface area contributed by atoms with E-state index in [1.807, 2.05) is 42.5 Å². The van der Waals surface area contributed by atoms with Crippen molar-refractivity contribution in [2.24, 2.45) is 5.92 Å². The highest BCUT2D eigenvalue weighted by atomic mass is 16.5. The van der Waals surface area contributed by atoms with Crippen molar-refractivity contribution >= 4 is 11.8 Å². The normalized spacial score (nSPS) is 12.7. The lowest BCUT2D eigenvalue weighted by Crippen LogP contribution is -2.40. The molecule has 1 atom stereocenters. The first-order valence-corrected chi connectivity index (χ1v) is 10.6. The number of benzene rings is 2. The largest absolute Gasteiger partial charge is 0.487 e. The summed E-state index contributed by atoms with van der Waals surface area (Å²) in [5.74, 6) is 0.416. The highest BCUT2D eigenvalue weighted by molar-refractivity contribution is 5.95. The molecule has 3 rings (SSSR count). The monoisotopic (exact) mass is 431 g/mol. The second-order valence-corrected chi connectivity index (χ2v) is 8.20. The Bertz CT molecular complexity index is 1050. The summed E-state index contributed by atoms with van der Waals surface area (Å²) >= 11 is 0. The van der Waals surface area contributed by atoms with Gasteiger partial charge in [0.2, 0.25) is 5.91 Å². The summed E-state index contributed by atoms with van der Waals surface area (Å²) in [6.45, 7) is 8.33. The van der Waals surface area contributed by atoms with Gasteiger partial charge in [0, 0.05) is 24.1 Å². The zero-order valence-electron chi connectivity index (χ0n) is 18.9. The lowest BCUT2D eigenvalue weighted by molar-refractivity contribution is -0.119. The van der Waals surface area contributed by atoms with Gasteiger partial charge in [-0.1, -0.05) is 51.1 Å². The van der Waals surface area contributed by atoms with E-state index in [-0.39, 0.29) is 17.2 Å². The van der Waals surface area contributed by atoms with E-state index in [4.69, 9.17) is 4.74 Å². The van der Waals surface area contributed by atoms with Gasteiger partial charge in [-0.25, -0.2) is 0 Å². The third kappa shape index (κ3) is 5.32. The number of hydrazine groups is 1. The smallest absolute Gasteiger partial charge is 0.269 e. The highest BCUT2D eigenvalue weighted by Crippen LogP contribution is 2.39. The molecule has 2 N–H and O–H groups in total. The number of carbonyl (C=O) groups is 2. The molecule has 0 radical (unpaired) electrons. The fraction of sp³-hybridized carbons (Fsp3) is 0.269. The van der Waals surface area contributed by atoms with Crippen molar-refractivity contribution in [3.05, 3.63) is 95.3 Å². The predicted octanol–water partition coefficient (Wildman–Crippen LogP) is 4.40. The van der Waals surface area contributed by atoms with Gasteiger partial charge in [-0.05, 0) is 53.4 Å². The van der Waals surface area contributed by atoms with Crippen molar-refractivity contribution in [2.75, 3.05) is 0 Å². The molecule has 0 aliphatic heterocycles. The number of aromatic nitrogens is 1. The van der Waals surface area contributed by atoms with Crippen molar-refractivity contribution in [3.8, 4) is 5.75 Å². The summed E-state index contributed by atoms with van der Waals surface area (Å²) in [6.07, 6.45) is 1.75. The average Bonchev–Trinajstić information content (AvgIpc) is 2.81. The van der Waals surface area contributed by atoms with E-state index >= 15 is 0 Å². The third-order valence-electron chi connectivity index (χ3n) is 5.82. The summed E-state index contributed by atoms with van der Waals surface area (Å²) < 4.78 is 5.87. The van der Waals surface area contributed by atoms with E-state index in [0.29, 0.717) is 18.1 Å². The van der Waals surface area contributed by atoms with Gasteiger partial charge in [-0.3, -0.25) is 25.4 Å². The minimum Gasteiger partial charge on any atom is -0.487 e. The van der Waals surface area contributed by atoms with Gasteiger partial charge in [0.15, 0.2) is 0 Å². The molecule has 0 saturated heterocycles. The van der Waals surface area contributed by atoms with Gasteiger partial charge in [0.05, 0.1) is 5.69 Å². The molecular formula is C26H29N3O3. The lowest BCUT2D eigenvalue weighted by Gasteiger charge is -2.35. The Morgan fingerprint density at radius 2 is 1.56 bits per heavy atom. The van der Waals surface area contributed by atoms with E-state index in [1.54, 1.807) is 18.3 Å². The van der Waals surface area contributed by atoms with Crippen molar-refractivity contribution in [2.45, 2.75) is 39.7 Å². The second kappa shape index (κ2) is 10.1. The van der Waals surface area contributed by atoms with E-state index in [9.17, 15) is 9.59 Å². The molecule has 6 heteroatoms. The van der Waals surface area contributed by atoms with E-state index in [2.05, 4.69) is 48.7 Å². The lowest BCUT2D eigenvalue weighted by atomic mass is 9.68. The van der Waals surface area contributed by atoms with Crippen LogP contribution >= 0.6 is 0 Å². The Kier molecular flexibility index (Phi) is 7.25. The summed E-state index contributed by atoms with van der Waals surface area (Å²) in [5, 5.41) is 0. The molecule has 0 saturated carbocycles. The number of pyridine rings is 1. The molecule has 0 fully saturated rings. The fourth-order valence-electron chi connectivity index (χ4n) is 3.56. The van der Waals surface area contributed by atoms with Gasteiger partial charge in [-0.15, -0.1) is 0 Å². The Morgan fingerprint density at radius 3 is 2.09 bits per heavy atom. The van der Waals surface area contributed by atoms with E-state index in [0.717, 1.165) is 22.6 Å². The molecule has 2 aromatic carbocycles. The molecule has 32 heavy (non-hydrogen) atoms. The zero-order chi connectivity index (χ0) is 23.1. The summed E-state index contributed by atoms with van der Waals surface area (Å²) in [4.78, 5) is 27.4. The first-order valence-electron chi connectivity index (χ1n) is 10.6. The van der Waals surface area contributed by atoms with Crippen LogP contribution in [0.3, 0.4) is 0 Å². The standard InChI is InChI=1S/C26H29N3O3/c1-18(2)26(4,21-10-8-20(9-11-21)25(31)29-28-19(3)30)22-12-14-24(15-13-22)32-17-23-7-5-6-16-27-23/h5-16,18H,17H2,1-4H3,(H,28,30)(H,29,31). The Hall–Kier alpha value is -3.67. The molecule has 1 aromatic heterocycles. The minimum atomic E-state index is -0.354. The molecule has 2 amide bonds. The molecule has 1 unspecified atom stereocenters. The number of nitrogens with zero attached hydrogens (tertiary/aromatic N) is 1. The van der Waals surface area contributed by atoms with Gasteiger partial charge in [-0.2, -0.15) is 0 Å². The molecule has 166 valence electrons. The number of hydrogen-bond donors (Lipinski definition) is 2. The number of nitrogens with one attached hydrogen (secondary N) is 2. The molecular weight excluding hydrogens is 402 g/mol. The SMILES string of the molecule is CC(=O)NNC(=O)c1ccc(C(C)(c2ccc(OCc3ccccn3)cc2)C(C)C)cc1. The maximum absolute atomic E-state index is 12.2. The topological polar surface area (TPSA) is 80.3 Å². The van der Waals surface area contributed by atoms with Crippen LogP contribution in [0.4, 0.5) is 0 Å². The Morgan fingerprint density at radius 1 is 0.938 bits per heavy atom. The van der Waals surface area contributed by atoms with Crippen LogP contribution in [0.5, 0.6) is 5.75 Å². The third-order valence-corrected chi connectivity index (χ3v) is 5.82. The van der Waals surface area contributed by atoms with Crippen molar-refractivity contribution in [1.82, 2.24) is 15.8 Å². The van der Waals surface area contributed by atoms with Gasteiger partial charge in [0.25, 0.3) is 5.91 Å². The summed E-state index contributed by atoms with van der Waals surface area (Å²) in [6, 6.07) is 21.4. The maximum Gasteiger partial charge on any atom is 0.269 e. The number of hydrogen-bond acceptors (Lipinski definition) is 4. The highest BCUT2D eigenvalue weighted by Gasteiger charge is 2.32. The number of ether oxygens (including phenoxy) is 1. The molecule has 1 heterocycles. The zero-order valence-corrected chi connectivity index (χ0v) is 18.9. The number of carbonyl (C=O) groups excluding carboxylic acids is 2. The van der Waals surface area contributed by atoms with E-state index < -0.39 is 0 Å². The van der Waals surface area contributed by atoms with Crippen molar-refractivity contribution in [3.63, 3.8) is 0 Å².